The first-order valence-corrected chi connectivity index (χ1v) is 8.01. The lowest BCUT2D eigenvalue weighted by molar-refractivity contribution is 0.112. The van der Waals surface area contributed by atoms with Crippen LogP contribution in [0.4, 0.5) is 8.78 Å². The number of benzene rings is 2. The number of halogens is 5. The van der Waals surface area contributed by atoms with Crippen LogP contribution >= 0.6 is 47.8 Å². The maximum absolute atomic E-state index is 13.8. The van der Waals surface area contributed by atoms with Gasteiger partial charge in [-0.25, -0.2) is 8.78 Å². The van der Waals surface area contributed by atoms with Crippen LogP contribution in [0.2, 0.25) is 0 Å². The highest BCUT2D eigenvalue weighted by molar-refractivity contribution is 9.11. The molecule has 0 aliphatic rings. The van der Waals surface area contributed by atoms with Crippen LogP contribution in [0.3, 0.4) is 0 Å². The SMILES string of the molecule is O=Cc1cc(Br)c(OCc2c(F)ccc(Br)c2F)c(Br)c1. The summed E-state index contributed by atoms with van der Waals surface area (Å²) in [5, 5.41) is 0. The van der Waals surface area contributed by atoms with Gasteiger partial charge in [0.1, 0.15) is 30.3 Å². The molecule has 110 valence electrons. The fourth-order valence-electron chi connectivity index (χ4n) is 1.63. The van der Waals surface area contributed by atoms with E-state index in [0.29, 0.717) is 26.5 Å². The third-order valence-corrected chi connectivity index (χ3v) is 4.45. The zero-order chi connectivity index (χ0) is 15.6. The molecule has 0 aromatic heterocycles. The number of rotatable bonds is 4. The molecule has 0 heterocycles. The molecule has 0 saturated carbocycles. The molecule has 21 heavy (non-hydrogen) atoms. The van der Waals surface area contributed by atoms with Crippen molar-refractivity contribution in [1.82, 2.24) is 0 Å². The third-order valence-electron chi connectivity index (χ3n) is 2.66. The second-order valence-electron chi connectivity index (χ2n) is 4.04. The van der Waals surface area contributed by atoms with E-state index in [-0.39, 0.29) is 16.6 Å². The molecule has 7 heteroatoms. The molecule has 0 amide bonds. The minimum Gasteiger partial charge on any atom is -0.486 e. The lowest BCUT2D eigenvalue weighted by atomic mass is 10.2. The highest BCUT2D eigenvalue weighted by Gasteiger charge is 2.15. The molecule has 0 unspecified atom stereocenters. The average molecular weight is 485 g/mol. The van der Waals surface area contributed by atoms with Gasteiger partial charge in [0.15, 0.2) is 0 Å². The van der Waals surface area contributed by atoms with E-state index in [1.165, 1.54) is 6.07 Å². The summed E-state index contributed by atoms with van der Waals surface area (Å²) in [7, 11) is 0. The predicted molar refractivity (Wildman–Crippen MR) is 85.6 cm³/mol. The fourth-order valence-corrected chi connectivity index (χ4v) is 3.45. The summed E-state index contributed by atoms with van der Waals surface area (Å²) in [4.78, 5) is 10.7. The van der Waals surface area contributed by atoms with Crippen molar-refractivity contribution in [2.45, 2.75) is 6.61 Å². The third kappa shape index (κ3) is 3.70. The Kier molecular flexibility index (Phi) is 5.51. The van der Waals surface area contributed by atoms with Gasteiger partial charge < -0.3 is 4.74 Å². The Morgan fingerprint density at radius 1 is 1.05 bits per heavy atom. The van der Waals surface area contributed by atoms with Gasteiger partial charge in [0.25, 0.3) is 0 Å². The van der Waals surface area contributed by atoms with Crippen molar-refractivity contribution in [3.63, 3.8) is 0 Å². The monoisotopic (exact) mass is 482 g/mol. The first-order valence-electron chi connectivity index (χ1n) is 5.63. The van der Waals surface area contributed by atoms with Crippen molar-refractivity contribution in [1.29, 1.82) is 0 Å². The van der Waals surface area contributed by atoms with Crippen LogP contribution < -0.4 is 4.74 Å². The van der Waals surface area contributed by atoms with Crippen LogP contribution in [0.25, 0.3) is 0 Å². The van der Waals surface area contributed by atoms with Gasteiger partial charge in [-0.15, -0.1) is 0 Å². The van der Waals surface area contributed by atoms with Crippen molar-refractivity contribution in [3.8, 4) is 5.75 Å². The Morgan fingerprint density at radius 3 is 2.24 bits per heavy atom. The number of ether oxygens (including phenoxy) is 1. The summed E-state index contributed by atoms with van der Waals surface area (Å²) in [6.45, 7) is -0.283. The van der Waals surface area contributed by atoms with Gasteiger partial charge >= 0.3 is 0 Å². The number of aldehydes is 1. The Balaban J connectivity index is 2.29. The number of carbonyl (C=O) groups excluding carboxylic acids is 1. The van der Waals surface area contributed by atoms with Gasteiger partial charge in [-0.2, -0.15) is 0 Å². The van der Waals surface area contributed by atoms with Crippen LogP contribution in [-0.4, -0.2) is 6.29 Å². The van der Waals surface area contributed by atoms with E-state index in [9.17, 15) is 13.6 Å². The minimum atomic E-state index is -0.702. The molecule has 0 saturated heterocycles. The fraction of sp³-hybridized carbons (Fsp3) is 0.0714. The first-order chi connectivity index (χ1) is 9.93. The molecule has 0 aliphatic carbocycles. The van der Waals surface area contributed by atoms with Gasteiger partial charge in [0, 0.05) is 5.56 Å². The highest BCUT2D eigenvalue weighted by Crippen LogP contribution is 2.35. The summed E-state index contributed by atoms with van der Waals surface area (Å²) in [6, 6.07) is 5.56. The van der Waals surface area contributed by atoms with E-state index >= 15 is 0 Å². The van der Waals surface area contributed by atoms with Crippen LogP contribution in [0.5, 0.6) is 5.75 Å². The summed E-state index contributed by atoms with van der Waals surface area (Å²) < 4.78 is 34.1. The maximum atomic E-state index is 13.8. The van der Waals surface area contributed by atoms with Gasteiger partial charge in [-0.05, 0) is 72.1 Å². The van der Waals surface area contributed by atoms with Crippen LogP contribution in [0, 0.1) is 11.6 Å². The van der Waals surface area contributed by atoms with Gasteiger partial charge in [0.05, 0.1) is 19.0 Å². The molecule has 0 radical (unpaired) electrons. The Labute approximate surface area is 144 Å². The van der Waals surface area contributed by atoms with Crippen LogP contribution in [-0.2, 0) is 6.61 Å². The number of hydrogen-bond donors (Lipinski definition) is 0. The molecule has 0 fully saturated rings. The van der Waals surface area contributed by atoms with Gasteiger partial charge in [0.2, 0.25) is 0 Å². The Hall–Kier alpha value is -0.790. The topological polar surface area (TPSA) is 26.3 Å². The summed E-state index contributed by atoms with van der Waals surface area (Å²) in [6.07, 6.45) is 0.687. The second-order valence-corrected chi connectivity index (χ2v) is 6.60. The van der Waals surface area contributed by atoms with Crippen LogP contribution in [0.1, 0.15) is 15.9 Å². The molecule has 0 N–H and O–H groups in total. The minimum absolute atomic E-state index is 0.164. The van der Waals surface area contributed by atoms with Gasteiger partial charge in [-0.3, -0.25) is 4.79 Å². The molecule has 2 nitrogen and oxygen atoms in total. The predicted octanol–water partition coefficient (Wildman–Crippen LogP) is 5.64. The van der Waals surface area contributed by atoms with E-state index in [4.69, 9.17) is 4.74 Å². The quantitative estimate of drug-likeness (QED) is 0.414. The normalized spacial score (nSPS) is 10.5. The molecule has 2 aromatic carbocycles. The number of carbonyl (C=O) groups is 1. The summed E-state index contributed by atoms with van der Waals surface area (Å²) in [5.74, 6) is -1.03. The molecule has 0 bridgehead atoms. The lowest BCUT2D eigenvalue weighted by Crippen LogP contribution is -2.03. The van der Waals surface area contributed by atoms with E-state index in [0.717, 1.165) is 6.07 Å². The first kappa shape index (κ1) is 16.6. The van der Waals surface area contributed by atoms with E-state index in [1.54, 1.807) is 12.1 Å². The molecule has 2 aromatic rings. The van der Waals surface area contributed by atoms with Crippen molar-refractivity contribution < 1.29 is 18.3 Å². The second kappa shape index (κ2) is 6.98. The molecule has 0 aliphatic heterocycles. The standard InChI is InChI=1S/C14H7Br3F2O2/c15-9-1-2-12(18)8(13(9)19)6-21-14-10(16)3-7(5-20)4-11(14)17/h1-5H,6H2. The number of hydrogen-bond acceptors (Lipinski definition) is 2. The molecular weight excluding hydrogens is 478 g/mol. The van der Waals surface area contributed by atoms with Crippen LogP contribution in [0.15, 0.2) is 37.7 Å². The molecule has 0 atom stereocenters. The maximum Gasteiger partial charge on any atom is 0.150 e. The highest BCUT2D eigenvalue weighted by atomic mass is 79.9. The van der Waals surface area contributed by atoms with Gasteiger partial charge in [-0.1, -0.05) is 0 Å². The van der Waals surface area contributed by atoms with Crippen molar-refractivity contribution >= 4 is 54.1 Å². The summed E-state index contributed by atoms with van der Waals surface area (Å²) in [5.41, 5.74) is 0.267. The molecule has 2 rings (SSSR count). The molecular formula is C14H7Br3F2O2. The van der Waals surface area contributed by atoms with E-state index in [1.807, 2.05) is 0 Å². The summed E-state index contributed by atoms with van der Waals surface area (Å²) >= 11 is 9.51. The molecule has 0 spiro atoms. The zero-order valence-corrected chi connectivity index (χ0v) is 15.1. The smallest absolute Gasteiger partial charge is 0.150 e. The Bertz CT molecular complexity index is 682. The van der Waals surface area contributed by atoms with Crippen molar-refractivity contribution in [2.75, 3.05) is 0 Å². The van der Waals surface area contributed by atoms with Crippen molar-refractivity contribution in [3.05, 3.63) is 60.4 Å². The van der Waals surface area contributed by atoms with Crippen molar-refractivity contribution in [2.24, 2.45) is 0 Å². The zero-order valence-electron chi connectivity index (χ0n) is 10.3. The lowest BCUT2D eigenvalue weighted by Gasteiger charge is -2.12. The largest absolute Gasteiger partial charge is 0.486 e. The average Bonchev–Trinajstić information content (AvgIpc) is 2.45. The Morgan fingerprint density at radius 2 is 1.67 bits per heavy atom. The van der Waals surface area contributed by atoms with E-state index < -0.39 is 11.6 Å². The van der Waals surface area contributed by atoms with E-state index in [2.05, 4.69) is 47.8 Å².